The summed E-state index contributed by atoms with van der Waals surface area (Å²) in [5, 5.41) is 18.4. The molecule has 0 radical (unpaired) electrons. The lowest BCUT2D eigenvalue weighted by atomic mass is 9.75. The highest BCUT2D eigenvalue weighted by Gasteiger charge is 2.51. The van der Waals surface area contributed by atoms with Gasteiger partial charge in [-0.3, -0.25) is 9.59 Å². The zero-order valence-corrected chi connectivity index (χ0v) is 82.4. The summed E-state index contributed by atoms with van der Waals surface area (Å²) in [5.74, 6) is -4.90. The number of aliphatic carboxylic acids is 2. The summed E-state index contributed by atoms with van der Waals surface area (Å²) in [5.41, 5.74) is 0.489. The van der Waals surface area contributed by atoms with Gasteiger partial charge in [0.1, 0.15) is 53.6 Å². The zero-order valence-electron chi connectivity index (χ0n) is 75.9. The first-order chi connectivity index (χ1) is 63.1. The van der Waals surface area contributed by atoms with Crippen LogP contribution < -0.4 is 9.80 Å². The van der Waals surface area contributed by atoms with Gasteiger partial charge in [-0.1, -0.05) is 12.2 Å². The highest BCUT2D eigenvalue weighted by molar-refractivity contribution is 7.87. The van der Waals surface area contributed by atoms with Crippen molar-refractivity contribution in [3.63, 3.8) is 0 Å². The van der Waals surface area contributed by atoms with Crippen LogP contribution in [0.4, 0.5) is 22.7 Å². The Hall–Kier alpha value is -7.36. The maximum atomic E-state index is 12.3. The Labute approximate surface area is 790 Å². The Kier molecular flexibility index (Phi) is 43.5. The predicted octanol–water partition coefficient (Wildman–Crippen LogP) is 6.14. The van der Waals surface area contributed by atoms with Crippen LogP contribution in [-0.2, 0) is 155 Å². The van der Waals surface area contributed by atoms with Crippen LogP contribution >= 0.6 is 0 Å². The van der Waals surface area contributed by atoms with E-state index in [1.54, 1.807) is 78.4 Å². The molecule has 4 atom stereocenters. The van der Waals surface area contributed by atoms with E-state index in [-0.39, 0.29) is 130 Å². The molecule has 0 saturated heterocycles. The second kappa shape index (κ2) is 51.2. The van der Waals surface area contributed by atoms with Crippen molar-refractivity contribution in [3.05, 3.63) is 143 Å². The molecular formula is C86H118N4O37S8-6. The van der Waals surface area contributed by atoms with Gasteiger partial charge in [-0.25, -0.2) is 67.3 Å². The van der Waals surface area contributed by atoms with E-state index >= 15 is 0 Å². The molecule has 0 fully saturated rings. The fraction of sp³-hybridized carbons (Fsp3) is 0.581. The van der Waals surface area contributed by atoms with Crippen molar-refractivity contribution in [2.75, 3.05) is 179 Å². The standard InChI is InChI=1S/C44H64N2O19S4.C42H60N2O18S4/c1-43(17-8-30-66(49,50)51)36-32-34(68(55,56)57)13-15-38(36)45(19-6-4-5-12-42(47)48)40(43)10-7-11-41-44(2,18-9-31-67(52,53)54)37-33-35(69(58,59)60)14-16-39(37)46(41)20-21-62-24-25-64-28-29-65-27-26-63-23-22-61-3;1-41(17-8-28-63(47,48)49)34-30-32(65(53,54)55)13-15-36(34)43(19-6-4-5-12-40(45)46)38(41)10-7-11-39-42(2,18-9-29-64(50,51)52)35-31-33(66(56,57)58)14-16-37(35)44(39)20-21-60-24-25-62-27-26-61-23-22-59-3/h7,10-11,13-16,32-33H,4-6,8-9,12,17-31H2,1-3H3,(H4-,47,48,49,50,51,52,53,54,55,56,57,58,59,60);7,10-11,13-16,30-31H,4-6,8-9,12,17-29H2,1-3H3,(H4-,45,46,47,48,49,50,51,52,53,54,55,56,57,58)/p-6. The third kappa shape index (κ3) is 34.8. The van der Waals surface area contributed by atoms with E-state index in [4.69, 9.17) is 42.6 Å². The number of hydrogen-bond acceptors (Lipinski definition) is 37. The Morgan fingerprint density at radius 1 is 0.341 bits per heavy atom. The van der Waals surface area contributed by atoms with Gasteiger partial charge < -0.3 is 99.1 Å². The number of fused-ring (bicyclic) bond motifs is 4. The molecule has 0 saturated carbocycles. The number of methoxy groups -OCH3 is 2. The van der Waals surface area contributed by atoms with Crippen molar-refractivity contribution in [2.45, 2.75) is 172 Å². The van der Waals surface area contributed by atoms with Gasteiger partial charge in [-0.2, -0.15) is 9.15 Å². The average molecular weight is 2060 g/mol. The second-order valence-electron chi connectivity index (χ2n) is 33.2. The number of anilines is 2. The summed E-state index contributed by atoms with van der Waals surface area (Å²) in [7, 11) is -35.4. The van der Waals surface area contributed by atoms with Crippen LogP contribution in [0.3, 0.4) is 0 Å². The van der Waals surface area contributed by atoms with Gasteiger partial charge in [-0.15, -0.1) is 0 Å². The summed E-state index contributed by atoms with van der Waals surface area (Å²) in [6.45, 7) is 12.6. The second-order valence-corrected chi connectivity index (χ2v) is 44.8. The number of carbonyl (C=O) groups is 2. The lowest BCUT2D eigenvalue weighted by molar-refractivity contribution is -0.438. The summed E-state index contributed by atoms with van der Waals surface area (Å²) in [6.07, 6.45) is 11.8. The van der Waals surface area contributed by atoms with E-state index in [2.05, 4.69) is 0 Å². The molecule has 4 aromatic rings. The minimum Gasteiger partial charge on any atom is -0.748 e. The molecule has 135 heavy (non-hydrogen) atoms. The quantitative estimate of drug-likeness (QED) is 0.0285. The maximum absolute atomic E-state index is 12.3. The van der Waals surface area contributed by atoms with Crippen LogP contribution in [-0.4, -0.2) is 316 Å². The van der Waals surface area contributed by atoms with E-state index in [1.807, 2.05) is 19.0 Å². The number of ether oxygens (including phenoxy) is 9. The number of nitrogens with zero attached hydrogens (tertiary/aromatic N) is 4. The van der Waals surface area contributed by atoms with Gasteiger partial charge in [0.25, 0.3) is 0 Å². The van der Waals surface area contributed by atoms with Crippen LogP contribution in [0.2, 0.25) is 0 Å². The molecule has 4 aromatic carbocycles. The minimum atomic E-state index is -4.97. The summed E-state index contributed by atoms with van der Waals surface area (Å²) < 4.78 is 342. The molecule has 0 amide bonds. The van der Waals surface area contributed by atoms with Gasteiger partial charge in [0, 0.05) is 145 Å². The Balaban J connectivity index is 0.000000369. The monoisotopic (exact) mass is 2050 g/mol. The number of carboxylic acids is 2. The molecule has 8 rings (SSSR count). The molecule has 2 N–H and O–H groups in total. The van der Waals surface area contributed by atoms with Gasteiger partial charge in [0.2, 0.25) is 11.4 Å². The fourth-order valence-corrected chi connectivity index (χ4v) is 21.0. The Morgan fingerprint density at radius 3 is 0.867 bits per heavy atom. The normalized spacial score (nSPS) is 19.5. The third-order valence-corrected chi connectivity index (χ3v) is 30.0. The van der Waals surface area contributed by atoms with Crippen molar-refractivity contribution in [1.29, 1.82) is 0 Å². The van der Waals surface area contributed by atoms with Crippen LogP contribution in [0.5, 0.6) is 0 Å². The largest absolute Gasteiger partial charge is 0.748 e. The van der Waals surface area contributed by atoms with Crippen molar-refractivity contribution in [1.82, 2.24) is 0 Å². The first-order valence-electron chi connectivity index (χ1n) is 43.4. The highest BCUT2D eigenvalue weighted by atomic mass is 32.2. The molecule has 41 nitrogen and oxygen atoms in total. The van der Waals surface area contributed by atoms with Crippen molar-refractivity contribution < 1.29 is 175 Å². The number of unbranched alkanes of at least 4 members (excludes halogenated alkanes) is 4. The van der Waals surface area contributed by atoms with Gasteiger partial charge >= 0.3 is 11.9 Å². The van der Waals surface area contributed by atoms with Crippen LogP contribution in [0.15, 0.2) is 140 Å². The summed E-state index contributed by atoms with van der Waals surface area (Å²) in [4.78, 5) is 23.9. The lowest BCUT2D eigenvalue weighted by Crippen LogP contribution is -2.32. The lowest BCUT2D eigenvalue weighted by Gasteiger charge is -2.31. The SMILES string of the molecule is COCCOCCOCCOCCN1/C(=C/C=C/C2=[N+](CCCCCC(=O)O)c3ccc(S(=O)(=O)[O-])cc3C2(C)CCCS(=O)(=O)[O-])C(C)(CCCS(=O)(=O)[O-])c2cc(S(=O)(=O)[O-])ccc21.COCCOCCOCCOCCOCCN1/C(=C/C=C/C2=[N+](CCCCCC(=O)O)c3ccc(S(=O)(=O)[O-])cc3C2(C)CCCS(=O)(=O)[O-])C(C)(CCCS(=O)(=O)[O-])c2cc(S(=O)(=O)[O-])ccc21. The van der Waals surface area contributed by atoms with Crippen LogP contribution in [0.25, 0.3) is 0 Å². The Morgan fingerprint density at radius 2 is 0.600 bits per heavy atom. The number of rotatable bonds is 63. The molecule has 49 heteroatoms. The third-order valence-electron chi connectivity index (χ3n) is 23.5. The fourth-order valence-electron chi connectivity index (χ4n) is 17.0. The first-order valence-corrected chi connectivity index (χ1v) is 55.3. The number of benzene rings is 4. The zero-order chi connectivity index (χ0) is 100. The average Bonchev–Trinajstić information content (AvgIpc) is 1.59. The van der Waals surface area contributed by atoms with Crippen molar-refractivity contribution >= 4 is 127 Å². The van der Waals surface area contributed by atoms with E-state index in [0.717, 1.165) is 24.3 Å². The predicted molar refractivity (Wildman–Crippen MR) is 483 cm³/mol. The van der Waals surface area contributed by atoms with Crippen molar-refractivity contribution in [3.8, 4) is 0 Å². The number of hydrogen-bond donors (Lipinski definition) is 2. The molecule has 4 aliphatic rings. The molecule has 4 heterocycles. The van der Waals surface area contributed by atoms with Crippen molar-refractivity contribution in [2.24, 2.45) is 0 Å². The molecule has 4 unspecified atom stereocenters. The molecule has 758 valence electrons. The first kappa shape index (κ1) is 115. The maximum Gasteiger partial charge on any atom is 0.303 e. The molecule has 0 aromatic heterocycles. The van der Waals surface area contributed by atoms with E-state index in [9.17, 15) is 124 Å². The summed E-state index contributed by atoms with van der Waals surface area (Å²) in [6, 6.07) is 15.3. The van der Waals surface area contributed by atoms with E-state index < -0.39 is 157 Å². The van der Waals surface area contributed by atoms with Gasteiger partial charge in [0.05, 0.1) is 177 Å². The molecule has 0 spiro atoms. The van der Waals surface area contributed by atoms with Crippen LogP contribution in [0, 0.1) is 0 Å². The number of allylic oxidation sites excluding steroid dienone is 8. The highest BCUT2D eigenvalue weighted by Crippen LogP contribution is 2.54. The van der Waals surface area contributed by atoms with Gasteiger partial charge in [-0.05, 0) is 189 Å². The smallest absolute Gasteiger partial charge is 0.303 e. The molecule has 4 aliphatic heterocycles. The molecule has 0 bridgehead atoms. The minimum absolute atomic E-state index is 0.000534. The number of carboxylic acid groups (broad SMARTS) is 2. The van der Waals surface area contributed by atoms with Gasteiger partial charge in [0.15, 0.2) is 11.4 Å². The topological polar surface area (TPSA) is 628 Å². The molecular weight excluding hydrogens is 1940 g/mol. The van der Waals surface area contributed by atoms with Crippen LogP contribution in [0.1, 0.15) is 153 Å². The van der Waals surface area contributed by atoms with E-state index in [1.165, 1.54) is 48.5 Å². The Bertz CT molecular complexity index is 5930. The summed E-state index contributed by atoms with van der Waals surface area (Å²) >= 11 is 0. The molecule has 0 aliphatic carbocycles. The van der Waals surface area contributed by atoms with E-state index in [0.29, 0.717) is 172 Å².